The van der Waals surface area contributed by atoms with E-state index in [4.69, 9.17) is 5.84 Å². The molecule has 2 aromatic rings. The van der Waals surface area contributed by atoms with Crippen molar-refractivity contribution in [1.82, 2.24) is 26.7 Å². The van der Waals surface area contributed by atoms with Gasteiger partial charge in [0.1, 0.15) is 18.1 Å². The highest BCUT2D eigenvalue weighted by Crippen LogP contribution is 2.39. The van der Waals surface area contributed by atoms with Crippen molar-refractivity contribution in [3.05, 3.63) is 77.1 Å². The molecular formula is C31H41N7O4. The molecule has 224 valence electrons. The van der Waals surface area contributed by atoms with Crippen molar-refractivity contribution in [3.8, 4) is 0 Å². The van der Waals surface area contributed by atoms with Crippen molar-refractivity contribution < 1.29 is 19.2 Å². The van der Waals surface area contributed by atoms with Crippen molar-refractivity contribution in [2.75, 3.05) is 18.5 Å². The van der Waals surface area contributed by atoms with E-state index in [0.717, 1.165) is 22.4 Å². The number of carbonyl (C=O) groups excluding carboxylic acids is 4. The van der Waals surface area contributed by atoms with Gasteiger partial charge in [0.15, 0.2) is 0 Å². The second kappa shape index (κ2) is 14.0. The molecule has 2 aliphatic rings. The molecule has 0 spiro atoms. The Morgan fingerprint density at radius 3 is 2.52 bits per heavy atom. The largest absolute Gasteiger partial charge is 0.389 e. The predicted octanol–water partition coefficient (Wildman–Crippen LogP) is 0.789. The number of amides is 4. The number of para-hydroxylation sites is 1. The molecule has 11 heteroatoms. The van der Waals surface area contributed by atoms with Crippen molar-refractivity contribution in [2.24, 2.45) is 11.8 Å². The first-order valence-electron chi connectivity index (χ1n) is 14.4. The zero-order valence-electron chi connectivity index (χ0n) is 24.4. The fraction of sp³-hybridized carbons (Fsp3) is 0.419. The highest BCUT2D eigenvalue weighted by Gasteiger charge is 2.44. The van der Waals surface area contributed by atoms with Gasteiger partial charge in [-0.1, -0.05) is 68.8 Å². The van der Waals surface area contributed by atoms with Gasteiger partial charge in [0.25, 0.3) is 0 Å². The highest BCUT2D eigenvalue weighted by atomic mass is 16.2. The maximum Gasteiger partial charge on any atom is 0.250 e. The summed E-state index contributed by atoms with van der Waals surface area (Å²) < 4.78 is 0. The third kappa shape index (κ3) is 6.91. The van der Waals surface area contributed by atoms with Crippen LogP contribution in [-0.4, -0.2) is 55.3 Å². The molecule has 42 heavy (non-hydrogen) atoms. The van der Waals surface area contributed by atoms with Gasteiger partial charge in [-0.2, -0.15) is 0 Å². The summed E-state index contributed by atoms with van der Waals surface area (Å²) >= 11 is 0. The third-order valence-electron chi connectivity index (χ3n) is 8.08. The van der Waals surface area contributed by atoms with Gasteiger partial charge in [0.05, 0.1) is 18.7 Å². The first kappa shape index (κ1) is 30.6. The average molecular weight is 576 g/mol. The van der Waals surface area contributed by atoms with Gasteiger partial charge >= 0.3 is 0 Å². The monoisotopic (exact) mass is 575 g/mol. The molecule has 11 nitrogen and oxygen atoms in total. The van der Waals surface area contributed by atoms with E-state index in [9.17, 15) is 19.2 Å². The number of nitrogens with zero attached hydrogens (tertiary/aromatic N) is 1. The van der Waals surface area contributed by atoms with Gasteiger partial charge in [-0.25, -0.2) is 0 Å². The van der Waals surface area contributed by atoms with E-state index >= 15 is 0 Å². The number of benzene rings is 2. The molecule has 2 aliphatic heterocycles. The van der Waals surface area contributed by atoms with Crippen LogP contribution in [0.1, 0.15) is 43.4 Å². The SMILES string of the molecule is CCC(C)C(NC(=O)Cc1ccccc1)C(=O)NC1CCc2cccc3c2N(C1=O)C(C(=O)NCC(=CNN)NC)C3. The first-order valence-corrected chi connectivity index (χ1v) is 14.4. The average Bonchev–Trinajstić information content (AvgIpc) is 3.33. The molecule has 2 aromatic carbocycles. The molecule has 0 bridgehead atoms. The second-order valence-corrected chi connectivity index (χ2v) is 10.9. The lowest BCUT2D eigenvalue weighted by Crippen LogP contribution is -2.58. The number of carbonyl (C=O) groups is 4. The zero-order chi connectivity index (χ0) is 30.2. The van der Waals surface area contributed by atoms with Crippen LogP contribution in [0.5, 0.6) is 0 Å². The Hall–Kier alpha value is -4.38. The van der Waals surface area contributed by atoms with Crippen LogP contribution in [0, 0.1) is 5.92 Å². The molecule has 4 atom stereocenters. The van der Waals surface area contributed by atoms with Gasteiger partial charge in [0, 0.05) is 25.4 Å². The van der Waals surface area contributed by atoms with E-state index < -0.39 is 24.0 Å². The Morgan fingerprint density at radius 2 is 1.83 bits per heavy atom. The van der Waals surface area contributed by atoms with E-state index in [-0.39, 0.29) is 36.6 Å². The zero-order valence-corrected chi connectivity index (χ0v) is 24.4. The van der Waals surface area contributed by atoms with Crippen molar-refractivity contribution in [2.45, 2.75) is 64.1 Å². The molecule has 0 radical (unpaired) electrons. The van der Waals surface area contributed by atoms with Crippen molar-refractivity contribution in [1.29, 1.82) is 0 Å². The van der Waals surface area contributed by atoms with Crippen LogP contribution >= 0.6 is 0 Å². The lowest BCUT2D eigenvalue weighted by molar-refractivity contribution is -0.133. The third-order valence-corrected chi connectivity index (χ3v) is 8.08. The van der Waals surface area contributed by atoms with Crippen molar-refractivity contribution in [3.63, 3.8) is 0 Å². The topological polar surface area (TPSA) is 158 Å². The van der Waals surface area contributed by atoms with Crippen LogP contribution in [-0.2, 0) is 38.4 Å². The fourth-order valence-corrected chi connectivity index (χ4v) is 5.56. The number of nitrogens with one attached hydrogen (secondary N) is 5. The number of aryl methyl sites for hydroxylation is 1. The van der Waals surface area contributed by atoms with E-state index in [1.807, 2.05) is 62.4 Å². The molecule has 0 aromatic heterocycles. The number of hydrazine groups is 1. The fourth-order valence-electron chi connectivity index (χ4n) is 5.56. The molecule has 0 saturated carbocycles. The first-order chi connectivity index (χ1) is 20.3. The number of likely N-dealkylation sites (N-methyl/N-ethyl adjacent to an activating group) is 1. The minimum Gasteiger partial charge on any atom is -0.389 e. The molecule has 0 aliphatic carbocycles. The van der Waals surface area contributed by atoms with Gasteiger partial charge in [-0.15, -0.1) is 0 Å². The Bertz CT molecular complexity index is 1330. The van der Waals surface area contributed by atoms with E-state index in [2.05, 4.69) is 26.7 Å². The van der Waals surface area contributed by atoms with Gasteiger partial charge in [-0.3, -0.25) is 29.9 Å². The molecular weight excluding hydrogens is 534 g/mol. The minimum atomic E-state index is -0.849. The quantitative estimate of drug-likeness (QED) is 0.161. The minimum absolute atomic E-state index is 0.151. The summed E-state index contributed by atoms with van der Waals surface area (Å²) in [5.74, 6) is 3.90. The lowest BCUT2D eigenvalue weighted by atomic mass is 9.96. The Labute approximate surface area is 246 Å². The highest BCUT2D eigenvalue weighted by molar-refractivity contribution is 6.08. The van der Waals surface area contributed by atoms with Crippen LogP contribution in [0.2, 0.25) is 0 Å². The van der Waals surface area contributed by atoms with E-state index in [1.54, 1.807) is 11.9 Å². The normalized spacial score (nSPS) is 19.2. The van der Waals surface area contributed by atoms with Crippen LogP contribution in [0.4, 0.5) is 5.69 Å². The molecule has 2 heterocycles. The summed E-state index contributed by atoms with van der Waals surface area (Å²) in [4.78, 5) is 55.5. The summed E-state index contributed by atoms with van der Waals surface area (Å²) in [7, 11) is 1.72. The molecule has 7 N–H and O–H groups in total. The Morgan fingerprint density at radius 1 is 1.10 bits per heavy atom. The molecule has 4 rings (SSSR count). The Balaban J connectivity index is 1.51. The second-order valence-electron chi connectivity index (χ2n) is 10.9. The van der Waals surface area contributed by atoms with E-state index in [1.165, 1.54) is 6.20 Å². The number of anilines is 1. The number of nitrogens with two attached hydrogens (primary N) is 1. The van der Waals surface area contributed by atoms with Gasteiger partial charge < -0.3 is 26.7 Å². The smallest absolute Gasteiger partial charge is 0.250 e. The number of hydrogen-bond acceptors (Lipinski definition) is 7. The molecule has 0 saturated heterocycles. The van der Waals surface area contributed by atoms with Crippen LogP contribution < -0.4 is 37.4 Å². The predicted molar refractivity (Wildman–Crippen MR) is 161 cm³/mol. The number of hydrogen-bond donors (Lipinski definition) is 6. The standard InChI is InChI=1S/C31H41N7O4/c1-4-19(2)27(37-26(39)15-20-9-6-5-7-10-20)30(41)36-24-14-13-21-11-8-12-22-16-25(38(28(21)22)31(24)42)29(40)34-17-23(33-3)18-35-32/h5-12,18-19,24-25,27,33,35H,4,13-17,32H2,1-3H3,(H,34,40)(H,36,41)(H,37,39). The van der Waals surface area contributed by atoms with Gasteiger partial charge in [-0.05, 0) is 35.4 Å². The van der Waals surface area contributed by atoms with E-state index in [0.29, 0.717) is 31.4 Å². The molecule has 4 amide bonds. The summed E-state index contributed by atoms with van der Waals surface area (Å²) in [6.07, 6.45) is 3.67. The maximum atomic E-state index is 14.0. The van der Waals surface area contributed by atoms with Crippen LogP contribution in [0.15, 0.2) is 60.4 Å². The lowest BCUT2D eigenvalue weighted by Gasteiger charge is -2.30. The molecule has 4 unspecified atom stereocenters. The van der Waals surface area contributed by atoms with Crippen molar-refractivity contribution >= 4 is 29.3 Å². The van der Waals surface area contributed by atoms with Gasteiger partial charge in [0.2, 0.25) is 23.6 Å². The summed E-state index contributed by atoms with van der Waals surface area (Å²) in [5, 5.41) is 11.7. The Kier molecular flexibility index (Phi) is 10.2. The summed E-state index contributed by atoms with van der Waals surface area (Å²) in [6.45, 7) is 4.05. The number of rotatable bonds is 12. The van der Waals surface area contributed by atoms with Crippen LogP contribution in [0.25, 0.3) is 0 Å². The van der Waals surface area contributed by atoms with Crippen LogP contribution in [0.3, 0.4) is 0 Å². The molecule has 0 fully saturated rings. The summed E-state index contributed by atoms with van der Waals surface area (Å²) in [5.41, 5.74) is 6.59. The summed E-state index contributed by atoms with van der Waals surface area (Å²) in [6, 6.07) is 12.8. The maximum absolute atomic E-state index is 14.0.